The maximum Gasteiger partial charge on any atom is 0.408 e. The molecule has 0 bridgehead atoms. The summed E-state index contributed by atoms with van der Waals surface area (Å²) in [5.41, 5.74) is -1.26. The van der Waals surface area contributed by atoms with E-state index in [0.717, 1.165) is 0 Å². The van der Waals surface area contributed by atoms with Crippen LogP contribution in [0.15, 0.2) is 12.2 Å². The smallest absolute Gasteiger partial charge is 0.408 e. The van der Waals surface area contributed by atoms with Crippen molar-refractivity contribution in [2.24, 2.45) is 5.92 Å². The molecule has 0 aromatic carbocycles. The summed E-state index contributed by atoms with van der Waals surface area (Å²) < 4.78 is 5.19. The fourth-order valence-corrected chi connectivity index (χ4v) is 1.98. The van der Waals surface area contributed by atoms with Gasteiger partial charge in [0.2, 0.25) is 0 Å². The lowest BCUT2D eigenvalue weighted by atomic mass is 9.82. The SMILES string of the molecule is CC1CC(C)(O)C=CC1NC(=O)OC(C)(C)C. The molecule has 0 aromatic heterocycles. The first-order chi connectivity index (χ1) is 7.59. The molecule has 4 nitrogen and oxygen atoms in total. The van der Waals surface area contributed by atoms with Gasteiger partial charge in [-0.3, -0.25) is 0 Å². The molecule has 1 aliphatic carbocycles. The first-order valence-electron chi connectivity index (χ1n) is 6.00. The van der Waals surface area contributed by atoms with Crippen molar-refractivity contribution in [3.05, 3.63) is 12.2 Å². The molecule has 0 aromatic rings. The van der Waals surface area contributed by atoms with Crippen LogP contribution in [0, 0.1) is 5.92 Å². The normalized spacial score (nSPS) is 33.3. The Balaban J connectivity index is 2.56. The second kappa shape index (κ2) is 4.69. The Bertz CT molecular complexity index is 315. The molecule has 4 heteroatoms. The van der Waals surface area contributed by atoms with Crippen molar-refractivity contribution in [3.63, 3.8) is 0 Å². The molecule has 17 heavy (non-hydrogen) atoms. The van der Waals surface area contributed by atoms with E-state index in [-0.39, 0.29) is 12.0 Å². The molecule has 1 amide bonds. The topological polar surface area (TPSA) is 58.6 Å². The van der Waals surface area contributed by atoms with Crippen LogP contribution >= 0.6 is 0 Å². The van der Waals surface area contributed by atoms with Crippen LogP contribution in [0.3, 0.4) is 0 Å². The van der Waals surface area contributed by atoms with Crippen LogP contribution in [0.5, 0.6) is 0 Å². The minimum absolute atomic E-state index is 0.0786. The average molecular weight is 241 g/mol. The number of carbonyl (C=O) groups excluding carboxylic acids is 1. The summed E-state index contributed by atoms with van der Waals surface area (Å²) >= 11 is 0. The zero-order valence-corrected chi connectivity index (χ0v) is 11.3. The standard InChI is InChI=1S/C13H23NO3/c1-9-8-13(5,16)7-6-10(9)14-11(15)17-12(2,3)4/h6-7,9-10,16H,8H2,1-5H3,(H,14,15). The number of nitrogens with one attached hydrogen (secondary N) is 1. The molecule has 1 aliphatic rings. The quantitative estimate of drug-likeness (QED) is 0.692. The van der Waals surface area contributed by atoms with E-state index in [1.54, 1.807) is 13.0 Å². The van der Waals surface area contributed by atoms with Crippen LogP contribution < -0.4 is 5.32 Å². The van der Waals surface area contributed by atoms with Gasteiger partial charge >= 0.3 is 6.09 Å². The number of carbonyl (C=O) groups is 1. The third kappa shape index (κ3) is 4.77. The van der Waals surface area contributed by atoms with Gasteiger partial charge in [-0.05, 0) is 40.0 Å². The van der Waals surface area contributed by atoms with Gasteiger partial charge in [0.25, 0.3) is 0 Å². The van der Waals surface area contributed by atoms with Crippen molar-refractivity contribution in [3.8, 4) is 0 Å². The fraction of sp³-hybridized carbons (Fsp3) is 0.769. The molecule has 0 radical (unpaired) electrons. The van der Waals surface area contributed by atoms with Crippen LogP contribution in [0.4, 0.5) is 4.79 Å². The number of amides is 1. The third-order valence-electron chi connectivity index (χ3n) is 2.69. The van der Waals surface area contributed by atoms with E-state index >= 15 is 0 Å². The van der Waals surface area contributed by atoms with Crippen molar-refractivity contribution in [1.29, 1.82) is 0 Å². The van der Waals surface area contributed by atoms with Crippen molar-refractivity contribution in [1.82, 2.24) is 5.32 Å². The number of aliphatic hydroxyl groups is 1. The molecule has 0 spiro atoms. The molecule has 0 saturated carbocycles. The summed E-state index contributed by atoms with van der Waals surface area (Å²) in [7, 11) is 0. The maximum absolute atomic E-state index is 11.6. The molecule has 0 saturated heterocycles. The summed E-state index contributed by atoms with van der Waals surface area (Å²) in [6.07, 6.45) is 3.78. The van der Waals surface area contributed by atoms with E-state index in [1.807, 2.05) is 33.8 Å². The molecule has 3 atom stereocenters. The Kier molecular flexibility index (Phi) is 3.87. The van der Waals surface area contributed by atoms with Crippen LogP contribution in [0.2, 0.25) is 0 Å². The molecule has 0 heterocycles. The van der Waals surface area contributed by atoms with Gasteiger partial charge in [0.05, 0.1) is 11.6 Å². The highest BCUT2D eigenvalue weighted by Crippen LogP contribution is 2.26. The lowest BCUT2D eigenvalue weighted by Crippen LogP contribution is -2.45. The van der Waals surface area contributed by atoms with E-state index in [4.69, 9.17) is 4.74 Å². The molecule has 3 unspecified atom stereocenters. The van der Waals surface area contributed by atoms with Crippen LogP contribution in [-0.2, 0) is 4.74 Å². The minimum Gasteiger partial charge on any atom is -0.444 e. The first-order valence-corrected chi connectivity index (χ1v) is 6.00. The highest BCUT2D eigenvalue weighted by molar-refractivity contribution is 5.68. The lowest BCUT2D eigenvalue weighted by Gasteiger charge is -2.33. The van der Waals surface area contributed by atoms with E-state index in [9.17, 15) is 9.90 Å². The number of hydrogen-bond donors (Lipinski definition) is 2. The van der Waals surface area contributed by atoms with Gasteiger partial charge in [-0.1, -0.05) is 19.1 Å². The summed E-state index contributed by atoms with van der Waals surface area (Å²) in [5, 5.41) is 12.7. The van der Waals surface area contributed by atoms with Gasteiger partial charge in [-0.25, -0.2) is 4.79 Å². The molecule has 1 rings (SSSR count). The third-order valence-corrected chi connectivity index (χ3v) is 2.69. The van der Waals surface area contributed by atoms with Gasteiger partial charge in [-0.15, -0.1) is 0 Å². The summed E-state index contributed by atoms with van der Waals surface area (Å²) in [6.45, 7) is 9.26. The van der Waals surface area contributed by atoms with Crippen molar-refractivity contribution < 1.29 is 14.6 Å². The monoisotopic (exact) mass is 241 g/mol. The first kappa shape index (κ1) is 14.0. The number of alkyl carbamates (subject to hydrolysis) is 1. The second-order valence-electron chi connectivity index (χ2n) is 6.07. The summed E-state index contributed by atoms with van der Waals surface area (Å²) in [6, 6.07) is -0.0786. The minimum atomic E-state index is -0.772. The molecular weight excluding hydrogens is 218 g/mol. The van der Waals surface area contributed by atoms with Crippen molar-refractivity contribution in [2.45, 2.75) is 58.3 Å². The Morgan fingerprint density at radius 1 is 1.53 bits per heavy atom. The largest absolute Gasteiger partial charge is 0.444 e. The average Bonchev–Trinajstić information content (AvgIpc) is 2.06. The predicted molar refractivity (Wildman–Crippen MR) is 66.7 cm³/mol. The molecule has 2 N–H and O–H groups in total. The predicted octanol–water partition coefficient (Wildman–Crippen LogP) is 2.23. The van der Waals surface area contributed by atoms with Crippen LogP contribution in [0.1, 0.15) is 41.0 Å². The molecule has 98 valence electrons. The maximum atomic E-state index is 11.6. The lowest BCUT2D eigenvalue weighted by molar-refractivity contribution is 0.0434. The zero-order chi connectivity index (χ0) is 13.3. The van der Waals surface area contributed by atoms with Crippen molar-refractivity contribution >= 4 is 6.09 Å². The number of hydrogen-bond acceptors (Lipinski definition) is 3. The van der Waals surface area contributed by atoms with E-state index in [2.05, 4.69) is 5.32 Å². The molecular formula is C13H23NO3. The number of ether oxygens (including phenoxy) is 1. The highest BCUT2D eigenvalue weighted by Gasteiger charge is 2.31. The van der Waals surface area contributed by atoms with Crippen LogP contribution in [0.25, 0.3) is 0 Å². The van der Waals surface area contributed by atoms with Gasteiger partial charge in [0, 0.05) is 0 Å². The summed E-state index contributed by atoms with van der Waals surface area (Å²) in [5.74, 6) is 0.183. The van der Waals surface area contributed by atoms with Crippen LogP contribution in [-0.4, -0.2) is 28.4 Å². The Labute approximate surface area is 103 Å². The Hall–Kier alpha value is -1.03. The van der Waals surface area contributed by atoms with Crippen molar-refractivity contribution in [2.75, 3.05) is 0 Å². The second-order valence-corrected chi connectivity index (χ2v) is 6.07. The Morgan fingerprint density at radius 3 is 2.59 bits per heavy atom. The summed E-state index contributed by atoms with van der Waals surface area (Å²) in [4.78, 5) is 11.6. The Morgan fingerprint density at radius 2 is 2.12 bits per heavy atom. The zero-order valence-electron chi connectivity index (χ0n) is 11.3. The number of rotatable bonds is 1. The fourth-order valence-electron chi connectivity index (χ4n) is 1.98. The van der Waals surface area contributed by atoms with E-state index < -0.39 is 17.3 Å². The van der Waals surface area contributed by atoms with Gasteiger partial charge in [0.1, 0.15) is 5.60 Å². The van der Waals surface area contributed by atoms with E-state index in [1.165, 1.54) is 0 Å². The van der Waals surface area contributed by atoms with Gasteiger partial charge in [-0.2, -0.15) is 0 Å². The highest BCUT2D eigenvalue weighted by atomic mass is 16.6. The van der Waals surface area contributed by atoms with E-state index in [0.29, 0.717) is 6.42 Å². The van der Waals surface area contributed by atoms with Gasteiger partial charge < -0.3 is 15.2 Å². The molecule has 0 aliphatic heterocycles. The molecule has 0 fully saturated rings. The van der Waals surface area contributed by atoms with Gasteiger partial charge in [0.15, 0.2) is 0 Å².